The van der Waals surface area contributed by atoms with Crippen LogP contribution in [0.4, 0.5) is 5.69 Å². The van der Waals surface area contributed by atoms with Gasteiger partial charge >= 0.3 is 5.97 Å². The number of esters is 1. The first kappa shape index (κ1) is 17.3. The molecule has 3 rings (SSSR count). The summed E-state index contributed by atoms with van der Waals surface area (Å²) in [5.74, 6) is 1.55. The summed E-state index contributed by atoms with van der Waals surface area (Å²) in [4.78, 5) is 16.4. The third-order valence-corrected chi connectivity index (χ3v) is 3.68. The normalized spacial score (nSPS) is 10.4. The molecule has 0 aliphatic carbocycles. The van der Waals surface area contributed by atoms with Crippen molar-refractivity contribution in [3.63, 3.8) is 0 Å². The van der Waals surface area contributed by atoms with Crippen LogP contribution < -0.4 is 19.9 Å². The zero-order valence-electron chi connectivity index (χ0n) is 14.4. The molecular weight excluding hydrogens is 336 g/mol. The van der Waals surface area contributed by atoms with Crippen LogP contribution in [0.15, 0.2) is 53.3 Å². The third kappa shape index (κ3) is 3.94. The summed E-state index contributed by atoms with van der Waals surface area (Å²) in [5, 5.41) is 0. The summed E-state index contributed by atoms with van der Waals surface area (Å²) in [6, 6.07) is 11.9. The molecule has 3 aromatic rings. The number of carbonyl (C=O) groups excluding carboxylic acids is 1. The zero-order valence-corrected chi connectivity index (χ0v) is 14.4. The molecule has 0 aliphatic heterocycles. The van der Waals surface area contributed by atoms with Crippen molar-refractivity contribution in [3.8, 4) is 28.5 Å². The Labute approximate surface area is 150 Å². The summed E-state index contributed by atoms with van der Waals surface area (Å²) < 4.78 is 21.2. The highest BCUT2D eigenvalue weighted by Gasteiger charge is 2.17. The van der Waals surface area contributed by atoms with Gasteiger partial charge in [-0.1, -0.05) is 0 Å². The molecule has 0 amide bonds. The maximum atomic E-state index is 12.2. The molecule has 1 heterocycles. The fourth-order valence-corrected chi connectivity index (χ4v) is 2.41. The van der Waals surface area contributed by atoms with E-state index in [-0.39, 0.29) is 6.42 Å². The largest absolute Gasteiger partial charge is 0.497 e. The molecule has 0 saturated carbocycles. The first-order valence-electron chi connectivity index (χ1n) is 7.81. The van der Waals surface area contributed by atoms with Gasteiger partial charge in [0.2, 0.25) is 0 Å². The lowest BCUT2D eigenvalue weighted by Crippen LogP contribution is -2.11. The van der Waals surface area contributed by atoms with Crippen LogP contribution in [0.5, 0.6) is 17.2 Å². The van der Waals surface area contributed by atoms with Gasteiger partial charge in [-0.15, -0.1) is 0 Å². The van der Waals surface area contributed by atoms with Gasteiger partial charge in [0.25, 0.3) is 0 Å². The van der Waals surface area contributed by atoms with Crippen LogP contribution in [0.3, 0.4) is 0 Å². The van der Waals surface area contributed by atoms with E-state index in [0.29, 0.717) is 40.0 Å². The van der Waals surface area contributed by atoms with Gasteiger partial charge in [-0.3, -0.25) is 4.79 Å². The van der Waals surface area contributed by atoms with Gasteiger partial charge < -0.3 is 24.4 Å². The molecule has 0 aliphatic rings. The molecular formula is C19H18N2O5. The van der Waals surface area contributed by atoms with E-state index in [4.69, 9.17) is 24.4 Å². The summed E-state index contributed by atoms with van der Waals surface area (Å²) >= 11 is 0. The lowest BCUT2D eigenvalue weighted by molar-refractivity contribution is -0.133. The molecule has 2 aromatic carbocycles. The molecule has 1 aromatic heterocycles. The topological polar surface area (TPSA) is 96.8 Å². The molecule has 0 atom stereocenters. The number of oxazole rings is 1. The van der Waals surface area contributed by atoms with Crippen molar-refractivity contribution >= 4 is 11.7 Å². The Hall–Kier alpha value is -3.48. The smallest absolute Gasteiger partial charge is 0.318 e. The SMILES string of the molecule is COc1cc(OC)cc(-c2ncoc2CC(=O)Oc2ccc(N)cc2)c1. The molecule has 7 nitrogen and oxygen atoms in total. The number of hydrogen-bond acceptors (Lipinski definition) is 7. The van der Waals surface area contributed by atoms with E-state index >= 15 is 0 Å². The molecule has 26 heavy (non-hydrogen) atoms. The number of ether oxygens (including phenoxy) is 3. The second-order valence-electron chi connectivity index (χ2n) is 5.45. The second kappa shape index (κ2) is 7.60. The first-order chi connectivity index (χ1) is 12.6. The molecule has 0 bridgehead atoms. The molecule has 134 valence electrons. The fourth-order valence-electron chi connectivity index (χ4n) is 2.41. The molecule has 0 fully saturated rings. The minimum absolute atomic E-state index is 0.0702. The van der Waals surface area contributed by atoms with Gasteiger partial charge in [0.15, 0.2) is 6.39 Å². The lowest BCUT2D eigenvalue weighted by atomic mass is 10.1. The van der Waals surface area contributed by atoms with Gasteiger partial charge in [-0.2, -0.15) is 0 Å². The summed E-state index contributed by atoms with van der Waals surface area (Å²) in [6.45, 7) is 0. The van der Waals surface area contributed by atoms with Crippen LogP contribution in [-0.4, -0.2) is 25.2 Å². The first-order valence-corrected chi connectivity index (χ1v) is 7.81. The van der Waals surface area contributed by atoms with Crippen LogP contribution in [0.1, 0.15) is 5.76 Å². The van der Waals surface area contributed by atoms with Crippen molar-refractivity contribution in [2.45, 2.75) is 6.42 Å². The van der Waals surface area contributed by atoms with Crippen LogP contribution in [0.25, 0.3) is 11.3 Å². The average Bonchev–Trinajstić information content (AvgIpc) is 3.11. The average molecular weight is 354 g/mol. The van der Waals surface area contributed by atoms with Gasteiger partial charge in [-0.25, -0.2) is 4.98 Å². The number of nitrogens with zero attached hydrogens (tertiary/aromatic N) is 1. The molecule has 0 unspecified atom stereocenters. The lowest BCUT2D eigenvalue weighted by Gasteiger charge is -2.08. The van der Waals surface area contributed by atoms with Crippen molar-refractivity contribution < 1.29 is 23.4 Å². The van der Waals surface area contributed by atoms with Gasteiger partial charge in [0.05, 0.1) is 14.2 Å². The van der Waals surface area contributed by atoms with Gasteiger partial charge in [-0.05, 0) is 36.4 Å². The van der Waals surface area contributed by atoms with E-state index in [0.717, 1.165) is 0 Å². The summed E-state index contributed by atoms with van der Waals surface area (Å²) in [6.07, 6.45) is 1.21. The van der Waals surface area contributed by atoms with Crippen LogP contribution >= 0.6 is 0 Å². The highest BCUT2D eigenvalue weighted by molar-refractivity contribution is 5.77. The number of nitrogens with two attached hydrogens (primary N) is 1. The Kier molecular flexibility index (Phi) is 5.07. The fraction of sp³-hybridized carbons (Fsp3) is 0.158. The van der Waals surface area contributed by atoms with E-state index in [1.807, 2.05) is 0 Å². The Morgan fingerprint density at radius 2 is 1.69 bits per heavy atom. The van der Waals surface area contributed by atoms with Crippen LogP contribution in [0, 0.1) is 0 Å². The number of anilines is 1. The zero-order chi connectivity index (χ0) is 18.5. The van der Waals surface area contributed by atoms with E-state index in [2.05, 4.69) is 4.98 Å². The Balaban J connectivity index is 1.80. The maximum Gasteiger partial charge on any atom is 0.318 e. The second-order valence-corrected chi connectivity index (χ2v) is 5.45. The highest BCUT2D eigenvalue weighted by atomic mass is 16.5. The number of rotatable bonds is 6. The number of benzene rings is 2. The van der Waals surface area contributed by atoms with Crippen molar-refractivity contribution in [2.24, 2.45) is 0 Å². The van der Waals surface area contributed by atoms with Gasteiger partial charge in [0.1, 0.15) is 35.1 Å². The van der Waals surface area contributed by atoms with Crippen LogP contribution in [0.2, 0.25) is 0 Å². The number of hydrogen-bond donors (Lipinski definition) is 1. The standard InChI is InChI=1S/C19H18N2O5/c1-23-15-7-12(8-16(9-15)24-2)19-17(25-11-21-19)10-18(22)26-14-5-3-13(20)4-6-14/h3-9,11H,10,20H2,1-2H3. The molecule has 7 heteroatoms. The Morgan fingerprint density at radius 1 is 1.04 bits per heavy atom. The molecule has 2 N–H and O–H groups in total. The van der Waals surface area contributed by atoms with Crippen molar-refractivity contribution in [1.29, 1.82) is 0 Å². The van der Waals surface area contributed by atoms with Crippen molar-refractivity contribution in [3.05, 3.63) is 54.6 Å². The Bertz CT molecular complexity index is 880. The number of methoxy groups -OCH3 is 2. The predicted octanol–water partition coefficient (Wildman–Crippen LogP) is 3.09. The molecule has 0 radical (unpaired) electrons. The molecule has 0 saturated heterocycles. The third-order valence-electron chi connectivity index (χ3n) is 3.68. The summed E-state index contributed by atoms with van der Waals surface area (Å²) in [7, 11) is 3.12. The summed E-state index contributed by atoms with van der Waals surface area (Å²) in [5.41, 5.74) is 7.44. The number of carbonyl (C=O) groups is 1. The number of aromatic nitrogens is 1. The van der Waals surface area contributed by atoms with Crippen molar-refractivity contribution in [1.82, 2.24) is 4.98 Å². The van der Waals surface area contributed by atoms with Crippen molar-refractivity contribution in [2.75, 3.05) is 20.0 Å². The quantitative estimate of drug-likeness (QED) is 0.413. The van der Waals surface area contributed by atoms with Gasteiger partial charge in [0, 0.05) is 17.3 Å². The van der Waals surface area contributed by atoms with E-state index in [1.165, 1.54) is 6.39 Å². The maximum absolute atomic E-state index is 12.2. The minimum atomic E-state index is -0.470. The predicted molar refractivity (Wildman–Crippen MR) is 95.2 cm³/mol. The van der Waals surface area contributed by atoms with Crippen LogP contribution in [-0.2, 0) is 11.2 Å². The molecule has 0 spiro atoms. The monoisotopic (exact) mass is 354 g/mol. The minimum Gasteiger partial charge on any atom is -0.497 e. The Morgan fingerprint density at radius 3 is 2.31 bits per heavy atom. The van der Waals surface area contributed by atoms with E-state index in [9.17, 15) is 4.79 Å². The van der Waals surface area contributed by atoms with E-state index < -0.39 is 5.97 Å². The van der Waals surface area contributed by atoms with E-state index in [1.54, 1.807) is 56.7 Å². The highest BCUT2D eigenvalue weighted by Crippen LogP contribution is 2.31. The number of nitrogen functional groups attached to an aromatic ring is 1.